The van der Waals surface area contributed by atoms with Gasteiger partial charge < -0.3 is 27.0 Å². The number of nitrogens with one attached hydrogen (secondary N) is 2. The molecule has 1 saturated heterocycles. The highest BCUT2D eigenvalue weighted by atomic mass is 16.1. The van der Waals surface area contributed by atoms with Gasteiger partial charge in [0.05, 0.1) is 0 Å². The molecule has 1 aliphatic heterocycles. The molecule has 6 heteroatoms. The molecule has 6 nitrogen and oxygen atoms in total. The summed E-state index contributed by atoms with van der Waals surface area (Å²) in [4.78, 5) is 15.4. The lowest BCUT2D eigenvalue weighted by atomic mass is 9.72. The highest BCUT2D eigenvalue weighted by Crippen LogP contribution is 2.38. The maximum Gasteiger partial charge on any atom is 0.223 e. The van der Waals surface area contributed by atoms with E-state index >= 15 is 0 Å². The highest BCUT2D eigenvalue weighted by molar-refractivity contribution is 5.79. The second-order valence-electron chi connectivity index (χ2n) is 10.5. The summed E-state index contributed by atoms with van der Waals surface area (Å²) in [5.41, 5.74) is 12.4. The van der Waals surface area contributed by atoms with Crippen LogP contribution >= 0.6 is 0 Å². The van der Waals surface area contributed by atoms with Crippen molar-refractivity contribution in [3.63, 3.8) is 0 Å². The number of amides is 1. The lowest BCUT2D eigenvalue weighted by molar-refractivity contribution is -0.127. The summed E-state index contributed by atoms with van der Waals surface area (Å²) in [6, 6.07) is 0.593. The van der Waals surface area contributed by atoms with Gasteiger partial charge in [-0.1, -0.05) is 12.8 Å². The predicted molar refractivity (Wildman–Crippen MR) is 124 cm³/mol. The third-order valence-electron chi connectivity index (χ3n) is 8.29. The number of hydrogen-bond donors (Lipinski definition) is 4. The lowest BCUT2D eigenvalue weighted by Gasteiger charge is -2.40. The fourth-order valence-corrected chi connectivity index (χ4v) is 6.11. The van der Waals surface area contributed by atoms with Crippen molar-refractivity contribution in [2.24, 2.45) is 35.1 Å². The Morgan fingerprint density at radius 2 is 1.63 bits per heavy atom. The summed E-state index contributed by atoms with van der Waals surface area (Å²) in [7, 11) is 2.02. The van der Waals surface area contributed by atoms with Crippen LogP contribution in [0.25, 0.3) is 0 Å². The summed E-state index contributed by atoms with van der Waals surface area (Å²) in [6.45, 7) is 6.65. The van der Waals surface area contributed by atoms with Gasteiger partial charge in [0.25, 0.3) is 0 Å². The molecule has 174 valence electrons. The van der Waals surface area contributed by atoms with Crippen LogP contribution < -0.4 is 22.1 Å². The Labute approximate surface area is 184 Å². The van der Waals surface area contributed by atoms with E-state index in [4.69, 9.17) is 11.5 Å². The third-order valence-corrected chi connectivity index (χ3v) is 8.29. The molecule has 3 rings (SSSR count). The van der Waals surface area contributed by atoms with Gasteiger partial charge in [0.1, 0.15) is 0 Å². The van der Waals surface area contributed by atoms with Crippen molar-refractivity contribution in [1.82, 2.24) is 15.5 Å². The fraction of sp³-hybridized carbons (Fsp3) is 0.958. The normalized spacial score (nSPS) is 33.7. The Balaban J connectivity index is 1.37. The maximum absolute atomic E-state index is 12.8. The largest absolute Gasteiger partial charge is 0.352 e. The average Bonchev–Trinajstić information content (AvgIpc) is 2.75. The molecule has 2 saturated carbocycles. The highest BCUT2D eigenvalue weighted by Gasteiger charge is 2.34. The first-order valence-corrected chi connectivity index (χ1v) is 12.7. The molecule has 30 heavy (non-hydrogen) atoms. The number of likely N-dealkylation sites (tertiary alicyclic amines) is 1. The monoisotopic (exact) mass is 421 g/mol. The van der Waals surface area contributed by atoms with Gasteiger partial charge in [-0.25, -0.2) is 0 Å². The van der Waals surface area contributed by atoms with Crippen LogP contribution in [-0.2, 0) is 4.79 Å². The van der Waals surface area contributed by atoms with Crippen molar-refractivity contribution in [2.45, 2.75) is 89.3 Å². The molecule has 1 heterocycles. The van der Waals surface area contributed by atoms with Crippen LogP contribution in [0.15, 0.2) is 0 Å². The number of hydrogen-bond acceptors (Lipinski definition) is 5. The lowest BCUT2D eigenvalue weighted by Crippen LogP contribution is -2.51. The number of rotatable bonds is 8. The number of carbonyl (C=O) groups is 1. The molecular weight excluding hydrogens is 374 g/mol. The summed E-state index contributed by atoms with van der Waals surface area (Å²) in [6.07, 6.45) is 11.7. The van der Waals surface area contributed by atoms with Crippen molar-refractivity contribution in [2.75, 3.05) is 33.2 Å². The molecule has 3 aliphatic rings. The molecule has 0 radical (unpaired) electrons. The molecule has 0 aromatic heterocycles. The van der Waals surface area contributed by atoms with Crippen LogP contribution in [0.5, 0.6) is 0 Å². The minimum absolute atomic E-state index is 0.152. The van der Waals surface area contributed by atoms with Crippen LogP contribution in [0.2, 0.25) is 0 Å². The Kier molecular flexibility index (Phi) is 9.42. The zero-order valence-electron chi connectivity index (χ0n) is 19.5. The Hall–Kier alpha value is -0.690. The van der Waals surface area contributed by atoms with Gasteiger partial charge in [0.2, 0.25) is 5.91 Å². The van der Waals surface area contributed by atoms with E-state index in [9.17, 15) is 4.79 Å². The first kappa shape index (κ1) is 24.0. The van der Waals surface area contributed by atoms with Gasteiger partial charge in [-0.3, -0.25) is 4.79 Å². The fourth-order valence-electron chi connectivity index (χ4n) is 6.11. The van der Waals surface area contributed by atoms with Crippen molar-refractivity contribution >= 4 is 5.91 Å². The zero-order valence-corrected chi connectivity index (χ0v) is 19.5. The van der Waals surface area contributed by atoms with E-state index in [1.807, 2.05) is 7.05 Å². The molecule has 1 amide bonds. The third kappa shape index (κ3) is 6.65. The van der Waals surface area contributed by atoms with E-state index in [0.717, 1.165) is 50.6 Å². The summed E-state index contributed by atoms with van der Waals surface area (Å²) in [5, 5.41) is 6.58. The van der Waals surface area contributed by atoms with Gasteiger partial charge in [-0.05, 0) is 96.2 Å². The Morgan fingerprint density at radius 1 is 1.00 bits per heavy atom. The van der Waals surface area contributed by atoms with Crippen LogP contribution in [0, 0.1) is 23.7 Å². The number of piperidine rings is 1. The molecular formula is C24H47N5O. The van der Waals surface area contributed by atoms with Crippen LogP contribution in [0.3, 0.4) is 0 Å². The molecule has 4 atom stereocenters. The van der Waals surface area contributed by atoms with Gasteiger partial charge in [0.15, 0.2) is 0 Å². The van der Waals surface area contributed by atoms with Crippen molar-refractivity contribution in [3.05, 3.63) is 0 Å². The van der Waals surface area contributed by atoms with E-state index in [1.165, 1.54) is 51.6 Å². The van der Waals surface area contributed by atoms with Crippen molar-refractivity contribution < 1.29 is 4.79 Å². The van der Waals surface area contributed by atoms with Gasteiger partial charge >= 0.3 is 0 Å². The second-order valence-corrected chi connectivity index (χ2v) is 10.5. The van der Waals surface area contributed by atoms with Gasteiger partial charge in [-0.2, -0.15) is 0 Å². The minimum atomic E-state index is 0.152. The standard InChI is InChI=1S/C24H47N5O/c1-17(25)21(15-27-2)16-29-13-11-19(12-14-29)18-7-9-20(10-8-18)24(30)28-23-6-4-3-5-22(23)26/h17-23,27H,3-16,25-26H2,1-2H3,(H,28,30). The average molecular weight is 422 g/mol. The first-order chi connectivity index (χ1) is 14.5. The zero-order chi connectivity index (χ0) is 21.5. The van der Waals surface area contributed by atoms with E-state index in [-0.39, 0.29) is 30.0 Å². The molecule has 3 fully saturated rings. The van der Waals surface area contributed by atoms with E-state index in [2.05, 4.69) is 22.5 Å². The van der Waals surface area contributed by atoms with Crippen molar-refractivity contribution in [1.29, 1.82) is 0 Å². The minimum Gasteiger partial charge on any atom is -0.352 e. The predicted octanol–water partition coefficient (Wildman–Crippen LogP) is 2.07. The summed E-state index contributed by atoms with van der Waals surface area (Å²) >= 11 is 0. The van der Waals surface area contributed by atoms with Crippen LogP contribution in [0.4, 0.5) is 0 Å². The van der Waals surface area contributed by atoms with Crippen LogP contribution in [0.1, 0.15) is 71.1 Å². The van der Waals surface area contributed by atoms with E-state index < -0.39 is 0 Å². The van der Waals surface area contributed by atoms with Gasteiger partial charge in [0, 0.05) is 37.1 Å². The number of nitrogens with two attached hydrogens (primary N) is 2. The molecule has 0 aromatic rings. The molecule has 0 spiro atoms. The number of carbonyl (C=O) groups excluding carboxylic acids is 1. The first-order valence-electron chi connectivity index (χ1n) is 12.7. The quantitative estimate of drug-likeness (QED) is 0.481. The van der Waals surface area contributed by atoms with Crippen LogP contribution in [-0.4, -0.2) is 62.2 Å². The Morgan fingerprint density at radius 3 is 2.23 bits per heavy atom. The van der Waals surface area contributed by atoms with E-state index in [0.29, 0.717) is 5.92 Å². The SMILES string of the molecule is CNCC(CN1CCC(C2CCC(C(=O)NC3CCCCC3N)CC2)CC1)C(C)N. The number of nitrogens with zero attached hydrogens (tertiary/aromatic N) is 1. The van der Waals surface area contributed by atoms with Gasteiger partial charge in [-0.15, -0.1) is 0 Å². The van der Waals surface area contributed by atoms with E-state index in [1.54, 1.807) is 0 Å². The smallest absolute Gasteiger partial charge is 0.223 e. The van der Waals surface area contributed by atoms with Crippen molar-refractivity contribution in [3.8, 4) is 0 Å². The second kappa shape index (κ2) is 11.8. The molecule has 0 aromatic carbocycles. The molecule has 4 unspecified atom stereocenters. The summed E-state index contributed by atoms with van der Waals surface area (Å²) < 4.78 is 0. The topological polar surface area (TPSA) is 96.4 Å². The molecule has 0 bridgehead atoms. The Bertz CT molecular complexity index is 512. The maximum atomic E-state index is 12.8. The molecule has 2 aliphatic carbocycles. The molecule has 6 N–H and O–H groups in total. The summed E-state index contributed by atoms with van der Waals surface area (Å²) in [5.74, 6) is 2.67.